The number of aromatic carboxylic acids is 1. The topological polar surface area (TPSA) is 69.6 Å². The molecule has 0 saturated heterocycles. The SMILES string of the molecule is CN(C(=O)Nc1ccc(Br)c(C(=O)O)c1)c1ccccc1. The molecule has 0 aliphatic carbocycles. The molecule has 2 amide bonds. The quantitative estimate of drug-likeness (QED) is 0.885. The summed E-state index contributed by atoms with van der Waals surface area (Å²) in [5.74, 6) is -1.06. The highest BCUT2D eigenvalue weighted by molar-refractivity contribution is 9.10. The first-order valence-corrected chi connectivity index (χ1v) is 6.91. The largest absolute Gasteiger partial charge is 0.478 e. The van der Waals surface area contributed by atoms with E-state index in [4.69, 9.17) is 5.11 Å². The van der Waals surface area contributed by atoms with E-state index in [9.17, 15) is 9.59 Å². The van der Waals surface area contributed by atoms with Crippen LogP contribution in [0.1, 0.15) is 10.4 Å². The molecule has 0 bridgehead atoms. The molecule has 6 heteroatoms. The standard InChI is InChI=1S/C15H13BrN2O3/c1-18(11-5-3-2-4-6-11)15(21)17-10-7-8-13(16)12(9-10)14(19)20/h2-9H,1H3,(H,17,21)(H,19,20). The van der Waals surface area contributed by atoms with Gasteiger partial charge in [0.1, 0.15) is 0 Å². The fourth-order valence-electron chi connectivity index (χ4n) is 1.74. The van der Waals surface area contributed by atoms with Gasteiger partial charge in [0.15, 0.2) is 0 Å². The second-order valence-electron chi connectivity index (χ2n) is 4.32. The number of para-hydroxylation sites is 1. The molecule has 0 spiro atoms. The predicted molar refractivity (Wildman–Crippen MR) is 85.0 cm³/mol. The van der Waals surface area contributed by atoms with Crippen molar-refractivity contribution in [2.75, 3.05) is 17.3 Å². The number of rotatable bonds is 3. The monoisotopic (exact) mass is 348 g/mol. The average Bonchev–Trinajstić information content (AvgIpc) is 2.49. The fourth-order valence-corrected chi connectivity index (χ4v) is 2.16. The number of hydrogen-bond acceptors (Lipinski definition) is 2. The Morgan fingerprint density at radius 3 is 2.43 bits per heavy atom. The lowest BCUT2D eigenvalue weighted by Crippen LogP contribution is -2.31. The van der Waals surface area contributed by atoms with Crippen molar-refractivity contribution in [3.63, 3.8) is 0 Å². The van der Waals surface area contributed by atoms with Crippen LogP contribution in [0.5, 0.6) is 0 Å². The van der Waals surface area contributed by atoms with Crippen LogP contribution < -0.4 is 10.2 Å². The number of nitrogens with zero attached hydrogens (tertiary/aromatic N) is 1. The zero-order valence-electron chi connectivity index (χ0n) is 11.2. The summed E-state index contributed by atoms with van der Waals surface area (Å²) >= 11 is 3.16. The van der Waals surface area contributed by atoms with Crippen LogP contribution in [0.25, 0.3) is 0 Å². The van der Waals surface area contributed by atoms with E-state index in [0.717, 1.165) is 5.69 Å². The van der Waals surface area contributed by atoms with E-state index in [1.54, 1.807) is 19.2 Å². The van der Waals surface area contributed by atoms with Gasteiger partial charge in [-0.05, 0) is 46.3 Å². The molecule has 21 heavy (non-hydrogen) atoms. The Labute approximate surface area is 130 Å². The van der Waals surface area contributed by atoms with Gasteiger partial charge < -0.3 is 10.4 Å². The molecule has 2 aromatic carbocycles. The summed E-state index contributed by atoms with van der Waals surface area (Å²) in [4.78, 5) is 24.6. The highest BCUT2D eigenvalue weighted by Gasteiger charge is 2.13. The molecular weight excluding hydrogens is 336 g/mol. The van der Waals surface area contributed by atoms with Crippen molar-refractivity contribution >= 4 is 39.3 Å². The van der Waals surface area contributed by atoms with Gasteiger partial charge in [-0.2, -0.15) is 0 Å². The van der Waals surface area contributed by atoms with Crippen molar-refractivity contribution in [1.82, 2.24) is 0 Å². The molecule has 0 saturated carbocycles. The third-order valence-corrected chi connectivity index (χ3v) is 3.59. The minimum atomic E-state index is -1.06. The molecule has 0 aliphatic rings. The smallest absolute Gasteiger partial charge is 0.336 e. The Hall–Kier alpha value is -2.34. The lowest BCUT2D eigenvalue weighted by Gasteiger charge is -2.18. The number of anilines is 2. The van der Waals surface area contributed by atoms with Crippen LogP contribution in [0.4, 0.5) is 16.2 Å². The Morgan fingerprint density at radius 1 is 1.14 bits per heavy atom. The average molecular weight is 349 g/mol. The number of urea groups is 1. The van der Waals surface area contributed by atoms with E-state index in [1.165, 1.54) is 11.0 Å². The van der Waals surface area contributed by atoms with Crippen molar-refractivity contribution in [1.29, 1.82) is 0 Å². The first kappa shape index (κ1) is 15.1. The minimum absolute atomic E-state index is 0.0927. The van der Waals surface area contributed by atoms with E-state index >= 15 is 0 Å². The number of carbonyl (C=O) groups excluding carboxylic acids is 1. The number of benzene rings is 2. The number of amides is 2. The first-order valence-electron chi connectivity index (χ1n) is 6.11. The number of nitrogens with one attached hydrogen (secondary N) is 1. The molecule has 0 fully saturated rings. The molecule has 2 rings (SSSR count). The normalized spacial score (nSPS) is 10.0. The van der Waals surface area contributed by atoms with Crippen LogP contribution in [0.2, 0.25) is 0 Å². The van der Waals surface area contributed by atoms with Gasteiger partial charge in [0.2, 0.25) is 0 Å². The van der Waals surface area contributed by atoms with Gasteiger partial charge in [-0.1, -0.05) is 18.2 Å². The van der Waals surface area contributed by atoms with Crippen molar-refractivity contribution in [3.8, 4) is 0 Å². The molecule has 0 aliphatic heterocycles. The van der Waals surface area contributed by atoms with Gasteiger partial charge in [0, 0.05) is 22.9 Å². The van der Waals surface area contributed by atoms with Crippen molar-refractivity contribution in [2.24, 2.45) is 0 Å². The Balaban J connectivity index is 2.16. The van der Waals surface area contributed by atoms with Crippen LogP contribution >= 0.6 is 15.9 Å². The Morgan fingerprint density at radius 2 is 1.81 bits per heavy atom. The summed E-state index contributed by atoms with van der Waals surface area (Å²) in [6.07, 6.45) is 0. The third-order valence-electron chi connectivity index (χ3n) is 2.90. The molecule has 0 heterocycles. The van der Waals surface area contributed by atoms with E-state index < -0.39 is 5.97 Å². The molecule has 2 aromatic rings. The maximum Gasteiger partial charge on any atom is 0.336 e. The van der Waals surface area contributed by atoms with Crippen LogP contribution in [0.15, 0.2) is 53.0 Å². The Bertz CT molecular complexity index is 674. The molecule has 0 radical (unpaired) electrons. The summed E-state index contributed by atoms with van der Waals surface area (Å²) < 4.78 is 0.462. The number of hydrogen-bond donors (Lipinski definition) is 2. The summed E-state index contributed by atoms with van der Waals surface area (Å²) in [6.45, 7) is 0. The second-order valence-corrected chi connectivity index (χ2v) is 5.18. The number of carboxylic acid groups (broad SMARTS) is 1. The van der Waals surface area contributed by atoms with Crippen LogP contribution in [-0.2, 0) is 0 Å². The second kappa shape index (κ2) is 6.41. The molecular formula is C15H13BrN2O3. The highest BCUT2D eigenvalue weighted by Crippen LogP contribution is 2.22. The van der Waals surface area contributed by atoms with Gasteiger partial charge >= 0.3 is 12.0 Å². The zero-order valence-corrected chi connectivity index (χ0v) is 12.8. The van der Waals surface area contributed by atoms with Crippen LogP contribution in [-0.4, -0.2) is 24.2 Å². The number of carboxylic acids is 1. The molecule has 5 nitrogen and oxygen atoms in total. The highest BCUT2D eigenvalue weighted by atomic mass is 79.9. The van der Waals surface area contributed by atoms with E-state index in [-0.39, 0.29) is 11.6 Å². The minimum Gasteiger partial charge on any atom is -0.478 e. The lowest BCUT2D eigenvalue weighted by atomic mass is 10.2. The van der Waals surface area contributed by atoms with E-state index in [0.29, 0.717) is 10.2 Å². The first-order chi connectivity index (χ1) is 9.99. The molecule has 0 unspecified atom stereocenters. The summed E-state index contributed by atoms with van der Waals surface area (Å²) in [5, 5.41) is 11.7. The fraction of sp³-hybridized carbons (Fsp3) is 0.0667. The summed E-state index contributed by atoms with van der Waals surface area (Å²) in [6, 6.07) is 13.4. The van der Waals surface area contributed by atoms with Gasteiger partial charge in [-0.15, -0.1) is 0 Å². The number of halogens is 1. The summed E-state index contributed by atoms with van der Waals surface area (Å²) in [7, 11) is 1.64. The number of carbonyl (C=O) groups is 2. The van der Waals surface area contributed by atoms with Crippen molar-refractivity contribution in [2.45, 2.75) is 0 Å². The van der Waals surface area contributed by atoms with Crippen LogP contribution in [0.3, 0.4) is 0 Å². The van der Waals surface area contributed by atoms with Crippen LogP contribution in [0, 0.1) is 0 Å². The third kappa shape index (κ3) is 3.61. The van der Waals surface area contributed by atoms with E-state index in [2.05, 4.69) is 21.2 Å². The lowest BCUT2D eigenvalue weighted by molar-refractivity contribution is 0.0696. The molecule has 108 valence electrons. The maximum absolute atomic E-state index is 12.1. The van der Waals surface area contributed by atoms with E-state index in [1.807, 2.05) is 30.3 Å². The maximum atomic E-state index is 12.1. The van der Waals surface area contributed by atoms with Gasteiger partial charge in [0.05, 0.1) is 5.56 Å². The summed E-state index contributed by atoms with van der Waals surface area (Å²) in [5.41, 5.74) is 1.25. The molecule has 0 atom stereocenters. The van der Waals surface area contributed by atoms with Crippen molar-refractivity contribution < 1.29 is 14.7 Å². The van der Waals surface area contributed by atoms with Gasteiger partial charge in [-0.3, -0.25) is 4.90 Å². The zero-order chi connectivity index (χ0) is 15.4. The molecule has 0 aromatic heterocycles. The van der Waals surface area contributed by atoms with Gasteiger partial charge in [-0.25, -0.2) is 9.59 Å². The van der Waals surface area contributed by atoms with Gasteiger partial charge in [0.25, 0.3) is 0 Å². The Kier molecular flexibility index (Phi) is 4.59. The van der Waals surface area contributed by atoms with Crippen molar-refractivity contribution in [3.05, 3.63) is 58.6 Å². The predicted octanol–water partition coefficient (Wildman–Crippen LogP) is 3.82. The molecule has 2 N–H and O–H groups in total.